The lowest BCUT2D eigenvalue weighted by Gasteiger charge is -2.07. The minimum Gasteiger partial charge on any atom is -0.449 e. The van der Waals surface area contributed by atoms with E-state index in [0.717, 1.165) is 17.3 Å². The van der Waals surface area contributed by atoms with Crippen LogP contribution in [0.4, 0.5) is 0 Å². The molecule has 0 amide bonds. The zero-order chi connectivity index (χ0) is 19.1. The normalized spacial score (nSPS) is 11.2. The largest absolute Gasteiger partial charge is 0.449 e. The predicted octanol–water partition coefficient (Wildman–Crippen LogP) is 6.56. The Morgan fingerprint density at radius 1 is 0.889 bits per heavy atom. The van der Waals surface area contributed by atoms with Gasteiger partial charge in [-0.2, -0.15) is 0 Å². The molecular formula is C24H28O2S. The molecule has 0 saturated carbocycles. The Hall–Kier alpha value is -2.00. The highest BCUT2D eigenvalue weighted by Crippen LogP contribution is 2.25. The fourth-order valence-electron chi connectivity index (χ4n) is 3.24. The van der Waals surface area contributed by atoms with Gasteiger partial charge in [-0.25, -0.2) is 0 Å². The second kappa shape index (κ2) is 9.80. The minimum absolute atomic E-state index is 0.0757. The number of rotatable bonds is 9. The zero-order valence-electron chi connectivity index (χ0n) is 16.3. The fourth-order valence-corrected chi connectivity index (χ4v) is 4.22. The van der Waals surface area contributed by atoms with Gasteiger partial charge < -0.3 is 4.42 Å². The van der Waals surface area contributed by atoms with Crippen molar-refractivity contribution in [2.45, 2.75) is 57.5 Å². The molecule has 0 aliphatic carbocycles. The summed E-state index contributed by atoms with van der Waals surface area (Å²) in [7, 11) is 0. The number of para-hydroxylation sites is 1. The van der Waals surface area contributed by atoms with E-state index in [-0.39, 0.29) is 5.43 Å². The average molecular weight is 381 g/mol. The smallest absolute Gasteiger partial charge is 0.196 e. The Bertz CT molecular complexity index is 925. The molecule has 3 heteroatoms. The molecule has 1 heterocycles. The molecule has 3 aromatic rings. The highest BCUT2D eigenvalue weighted by atomic mass is 32.2. The predicted molar refractivity (Wildman–Crippen MR) is 116 cm³/mol. The third-order valence-electron chi connectivity index (χ3n) is 4.95. The van der Waals surface area contributed by atoms with Gasteiger partial charge in [-0.15, -0.1) is 0 Å². The van der Waals surface area contributed by atoms with Crippen molar-refractivity contribution in [1.29, 1.82) is 0 Å². The number of aryl methyl sites for hydroxylation is 2. The maximum atomic E-state index is 12.5. The summed E-state index contributed by atoms with van der Waals surface area (Å²) in [6.07, 6.45) is 7.37. The van der Waals surface area contributed by atoms with Gasteiger partial charge in [0, 0.05) is 11.3 Å². The van der Waals surface area contributed by atoms with Gasteiger partial charge in [0.15, 0.2) is 10.5 Å². The lowest BCUT2D eigenvalue weighted by Crippen LogP contribution is -2.06. The zero-order valence-corrected chi connectivity index (χ0v) is 17.1. The van der Waals surface area contributed by atoms with Crippen LogP contribution in [0.2, 0.25) is 0 Å². The molecule has 0 fully saturated rings. The highest BCUT2D eigenvalue weighted by Gasteiger charge is 2.10. The summed E-state index contributed by atoms with van der Waals surface area (Å²) in [5.74, 6) is 0.901. The highest BCUT2D eigenvalue weighted by molar-refractivity contribution is 7.99. The van der Waals surface area contributed by atoms with Crippen LogP contribution in [0.5, 0.6) is 0 Å². The van der Waals surface area contributed by atoms with Crippen LogP contribution in [-0.2, 0) is 12.8 Å². The first-order valence-electron chi connectivity index (χ1n) is 9.92. The van der Waals surface area contributed by atoms with Gasteiger partial charge in [0.25, 0.3) is 0 Å². The van der Waals surface area contributed by atoms with Crippen molar-refractivity contribution in [2.24, 2.45) is 0 Å². The Labute approximate surface area is 166 Å². The molecule has 1 aromatic heterocycles. The van der Waals surface area contributed by atoms with Crippen molar-refractivity contribution < 1.29 is 4.42 Å². The molecule has 27 heavy (non-hydrogen) atoms. The number of hydrogen-bond acceptors (Lipinski definition) is 3. The maximum absolute atomic E-state index is 12.5. The quantitative estimate of drug-likeness (QED) is 0.311. The number of thioether (sulfide) groups is 1. The Morgan fingerprint density at radius 2 is 1.59 bits per heavy atom. The molecule has 2 nitrogen and oxygen atoms in total. The third-order valence-corrected chi connectivity index (χ3v) is 6.01. The van der Waals surface area contributed by atoms with E-state index < -0.39 is 0 Å². The van der Waals surface area contributed by atoms with E-state index in [1.54, 1.807) is 11.8 Å². The molecule has 0 aliphatic rings. The van der Waals surface area contributed by atoms with Gasteiger partial charge >= 0.3 is 0 Å². The van der Waals surface area contributed by atoms with E-state index in [1.807, 2.05) is 31.2 Å². The number of fused-ring (bicyclic) bond motifs is 1. The van der Waals surface area contributed by atoms with Crippen molar-refractivity contribution >= 4 is 22.7 Å². The van der Waals surface area contributed by atoms with Crippen LogP contribution < -0.4 is 5.43 Å². The summed E-state index contributed by atoms with van der Waals surface area (Å²) in [6.45, 7) is 4.10. The summed E-state index contributed by atoms with van der Waals surface area (Å²) in [5.41, 5.74) is 4.22. The molecule has 0 spiro atoms. The van der Waals surface area contributed by atoms with Gasteiger partial charge in [-0.3, -0.25) is 4.79 Å². The summed E-state index contributed by atoms with van der Waals surface area (Å²) in [6, 6.07) is 16.4. The van der Waals surface area contributed by atoms with Gasteiger partial charge in [0.05, 0.1) is 5.39 Å². The average Bonchev–Trinajstić information content (AvgIpc) is 2.70. The van der Waals surface area contributed by atoms with Crippen LogP contribution in [0, 0.1) is 6.92 Å². The van der Waals surface area contributed by atoms with Gasteiger partial charge in [0.2, 0.25) is 0 Å². The molecule has 2 aromatic carbocycles. The SMILES string of the molecule is CCCCCCc1ccc(CCSc2oc3ccccc3c(=O)c2C)cc1. The summed E-state index contributed by atoms with van der Waals surface area (Å²) in [5, 5.41) is 1.40. The minimum atomic E-state index is 0.0757. The van der Waals surface area contributed by atoms with Crippen LogP contribution in [0.3, 0.4) is 0 Å². The first-order valence-corrected chi connectivity index (χ1v) is 10.9. The van der Waals surface area contributed by atoms with Crippen LogP contribution >= 0.6 is 11.8 Å². The molecule has 142 valence electrons. The molecule has 0 N–H and O–H groups in total. The van der Waals surface area contributed by atoms with Crippen LogP contribution in [-0.4, -0.2) is 5.75 Å². The monoisotopic (exact) mass is 380 g/mol. The summed E-state index contributed by atoms with van der Waals surface area (Å²) in [4.78, 5) is 12.5. The van der Waals surface area contributed by atoms with Gasteiger partial charge in [-0.05, 0) is 49.4 Å². The molecule has 0 aliphatic heterocycles. The lowest BCUT2D eigenvalue weighted by atomic mass is 10.0. The molecule has 0 unspecified atom stereocenters. The number of hydrogen-bond donors (Lipinski definition) is 0. The first kappa shape index (κ1) is 19.8. The van der Waals surface area contributed by atoms with Crippen molar-refractivity contribution in [2.75, 3.05) is 5.75 Å². The van der Waals surface area contributed by atoms with Crippen LogP contribution in [0.1, 0.15) is 49.3 Å². The van der Waals surface area contributed by atoms with Crippen molar-refractivity contribution in [3.05, 3.63) is 75.4 Å². The van der Waals surface area contributed by atoms with E-state index in [4.69, 9.17) is 4.42 Å². The van der Waals surface area contributed by atoms with E-state index in [0.29, 0.717) is 16.5 Å². The first-order chi connectivity index (χ1) is 13.2. The second-order valence-corrected chi connectivity index (χ2v) is 8.13. The Balaban J connectivity index is 1.56. The van der Waals surface area contributed by atoms with E-state index >= 15 is 0 Å². The summed E-state index contributed by atoms with van der Waals surface area (Å²) >= 11 is 1.63. The van der Waals surface area contributed by atoms with E-state index in [1.165, 1.54) is 43.2 Å². The van der Waals surface area contributed by atoms with Crippen LogP contribution in [0.25, 0.3) is 11.0 Å². The van der Waals surface area contributed by atoms with Crippen molar-refractivity contribution in [3.63, 3.8) is 0 Å². The Morgan fingerprint density at radius 3 is 2.33 bits per heavy atom. The maximum Gasteiger partial charge on any atom is 0.196 e. The van der Waals surface area contributed by atoms with Crippen molar-refractivity contribution in [1.82, 2.24) is 0 Å². The molecule has 0 atom stereocenters. The molecule has 0 bridgehead atoms. The van der Waals surface area contributed by atoms with Crippen molar-refractivity contribution in [3.8, 4) is 0 Å². The Kier molecular flexibility index (Phi) is 7.17. The topological polar surface area (TPSA) is 30.2 Å². The molecule has 0 radical (unpaired) electrons. The second-order valence-electron chi connectivity index (χ2n) is 7.07. The van der Waals surface area contributed by atoms with Gasteiger partial charge in [0.1, 0.15) is 5.58 Å². The molecule has 3 rings (SSSR count). The lowest BCUT2D eigenvalue weighted by molar-refractivity contribution is 0.492. The number of benzene rings is 2. The van der Waals surface area contributed by atoms with E-state index in [9.17, 15) is 4.79 Å². The van der Waals surface area contributed by atoms with E-state index in [2.05, 4.69) is 31.2 Å². The molecule has 0 saturated heterocycles. The third kappa shape index (κ3) is 5.26. The summed E-state index contributed by atoms with van der Waals surface area (Å²) < 4.78 is 5.96. The number of unbranched alkanes of at least 4 members (excludes halogenated alkanes) is 3. The fraction of sp³-hybridized carbons (Fsp3) is 0.375. The standard InChI is InChI=1S/C24H28O2S/c1-3-4-5-6-9-19-12-14-20(15-13-19)16-17-27-24-18(2)23(25)21-10-7-8-11-22(21)26-24/h7-8,10-15H,3-6,9,16-17H2,1-2H3. The van der Waals surface area contributed by atoms with Gasteiger partial charge in [-0.1, -0.05) is 74.3 Å². The molecular weight excluding hydrogens is 352 g/mol. The van der Waals surface area contributed by atoms with Crippen LogP contribution in [0.15, 0.2) is 62.8 Å².